The Balaban J connectivity index is 1.45. The molecule has 0 unspecified atom stereocenters. The zero-order chi connectivity index (χ0) is 19.8. The van der Waals surface area contributed by atoms with Gasteiger partial charge in [-0.15, -0.1) is 10.2 Å². The van der Waals surface area contributed by atoms with E-state index in [9.17, 15) is 0 Å². The predicted molar refractivity (Wildman–Crippen MR) is 111 cm³/mol. The molecule has 0 amide bonds. The lowest BCUT2D eigenvalue weighted by molar-refractivity contribution is 0.268. The molecule has 0 saturated carbocycles. The van der Waals surface area contributed by atoms with Crippen LogP contribution < -0.4 is 9.47 Å². The van der Waals surface area contributed by atoms with Crippen LogP contribution >= 0.6 is 11.3 Å². The number of rotatable bonds is 6. The van der Waals surface area contributed by atoms with Gasteiger partial charge in [0, 0.05) is 10.9 Å². The molecule has 0 spiro atoms. The van der Waals surface area contributed by atoms with E-state index in [1.807, 2.05) is 62.4 Å². The van der Waals surface area contributed by atoms with Gasteiger partial charge in [-0.1, -0.05) is 41.7 Å². The number of aryl methyl sites for hydroxylation is 1. The molecule has 0 saturated heterocycles. The average molecular weight is 406 g/mol. The van der Waals surface area contributed by atoms with Crippen LogP contribution in [0.15, 0.2) is 52.9 Å². The molecule has 146 valence electrons. The van der Waals surface area contributed by atoms with Crippen LogP contribution in [0.4, 0.5) is 0 Å². The van der Waals surface area contributed by atoms with Crippen molar-refractivity contribution in [2.24, 2.45) is 0 Å². The van der Waals surface area contributed by atoms with Crippen molar-refractivity contribution in [2.45, 2.75) is 20.5 Å². The Kier molecular flexibility index (Phi) is 4.40. The summed E-state index contributed by atoms with van der Waals surface area (Å²) in [6.07, 6.45) is 0. The second-order valence-corrected chi connectivity index (χ2v) is 7.48. The van der Waals surface area contributed by atoms with Crippen LogP contribution in [0.1, 0.15) is 17.5 Å². The summed E-state index contributed by atoms with van der Waals surface area (Å²) in [5.74, 6) is 2.68. The third-order valence-corrected chi connectivity index (χ3v) is 5.45. The lowest BCUT2D eigenvalue weighted by Gasteiger charge is -2.10. The van der Waals surface area contributed by atoms with Crippen molar-refractivity contribution in [1.29, 1.82) is 0 Å². The molecule has 3 aromatic heterocycles. The fourth-order valence-corrected chi connectivity index (χ4v) is 3.97. The van der Waals surface area contributed by atoms with Crippen LogP contribution in [0, 0.1) is 6.92 Å². The Bertz CT molecular complexity index is 1300. The Morgan fingerprint density at radius 2 is 1.76 bits per heavy atom. The summed E-state index contributed by atoms with van der Waals surface area (Å²) in [6, 6.07) is 15.5. The normalized spacial score (nSPS) is 11.4. The lowest BCUT2D eigenvalue weighted by Crippen LogP contribution is -2.00. The molecule has 0 N–H and O–H groups in total. The van der Waals surface area contributed by atoms with Crippen LogP contribution in [-0.2, 0) is 6.61 Å². The lowest BCUT2D eigenvalue weighted by atomic mass is 10.1. The predicted octanol–water partition coefficient (Wildman–Crippen LogP) is 4.89. The second kappa shape index (κ2) is 7.21. The largest absolute Gasteiger partial charge is 0.490 e. The fourth-order valence-electron chi connectivity index (χ4n) is 3.23. The molecule has 0 fully saturated rings. The van der Waals surface area contributed by atoms with E-state index in [4.69, 9.17) is 13.9 Å². The number of hydrogen-bond donors (Lipinski definition) is 0. The van der Waals surface area contributed by atoms with Gasteiger partial charge in [-0.25, -0.2) is 0 Å². The summed E-state index contributed by atoms with van der Waals surface area (Å²) in [5.41, 5.74) is 1.84. The smallest absolute Gasteiger partial charge is 0.235 e. The van der Waals surface area contributed by atoms with Crippen LogP contribution in [0.3, 0.4) is 0 Å². The van der Waals surface area contributed by atoms with Gasteiger partial charge in [0.15, 0.2) is 22.3 Å². The molecule has 5 rings (SSSR count). The van der Waals surface area contributed by atoms with Gasteiger partial charge in [0.05, 0.1) is 6.61 Å². The number of nitrogens with zero attached hydrogens (tertiary/aromatic N) is 4. The monoisotopic (exact) mass is 406 g/mol. The molecule has 0 aliphatic rings. The number of benzene rings is 2. The topological polar surface area (TPSA) is 74.7 Å². The van der Waals surface area contributed by atoms with Gasteiger partial charge in [-0.05, 0) is 32.0 Å². The van der Waals surface area contributed by atoms with Crippen molar-refractivity contribution < 1.29 is 13.9 Å². The SMILES string of the molecule is CCOc1ccccc1OCc1nn2c(-c3oc4ccccc4c3C)nnc2s1. The quantitative estimate of drug-likeness (QED) is 0.400. The van der Waals surface area contributed by atoms with Crippen molar-refractivity contribution in [1.82, 2.24) is 19.8 Å². The Labute approximate surface area is 170 Å². The van der Waals surface area contributed by atoms with Crippen molar-refractivity contribution in [3.8, 4) is 23.1 Å². The standard InChI is InChI=1S/C21H18N4O3S/c1-3-26-16-10-6-7-11-17(16)27-12-18-24-25-20(22-23-21(25)29-18)19-13(2)14-8-4-5-9-15(14)28-19/h4-11H,3,12H2,1-2H3. The first-order chi connectivity index (χ1) is 14.2. The third kappa shape index (κ3) is 3.11. The summed E-state index contributed by atoms with van der Waals surface area (Å²) in [7, 11) is 0. The molecule has 0 aliphatic carbocycles. The first-order valence-electron chi connectivity index (χ1n) is 9.29. The number of aromatic nitrogens is 4. The molecule has 0 aliphatic heterocycles. The van der Waals surface area contributed by atoms with E-state index in [1.54, 1.807) is 4.52 Å². The zero-order valence-electron chi connectivity index (χ0n) is 16.0. The number of para-hydroxylation sites is 3. The van der Waals surface area contributed by atoms with E-state index in [1.165, 1.54) is 11.3 Å². The summed E-state index contributed by atoms with van der Waals surface area (Å²) >= 11 is 1.43. The van der Waals surface area contributed by atoms with E-state index in [2.05, 4.69) is 15.3 Å². The molecule has 5 aromatic rings. The molecule has 8 heteroatoms. The number of ether oxygens (including phenoxy) is 2. The number of fused-ring (bicyclic) bond motifs is 2. The van der Waals surface area contributed by atoms with E-state index in [-0.39, 0.29) is 0 Å². The molecule has 0 bridgehead atoms. The molecule has 29 heavy (non-hydrogen) atoms. The van der Waals surface area contributed by atoms with Crippen molar-refractivity contribution in [3.05, 3.63) is 59.1 Å². The van der Waals surface area contributed by atoms with Gasteiger partial charge in [0.1, 0.15) is 12.2 Å². The molecule has 2 aromatic carbocycles. The highest BCUT2D eigenvalue weighted by Gasteiger charge is 2.20. The van der Waals surface area contributed by atoms with E-state index < -0.39 is 0 Å². The summed E-state index contributed by atoms with van der Waals surface area (Å²) in [4.78, 5) is 0.691. The molecule has 0 radical (unpaired) electrons. The molecular formula is C21H18N4O3S. The highest BCUT2D eigenvalue weighted by Crippen LogP contribution is 2.33. The van der Waals surface area contributed by atoms with Gasteiger partial charge >= 0.3 is 0 Å². The number of furan rings is 1. The summed E-state index contributed by atoms with van der Waals surface area (Å²) in [5, 5.41) is 15.0. The van der Waals surface area contributed by atoms with Gasteiger partial charge in [0.2, 0.25) is 10.8 Å². The van der Waals surface area contributed by atoms with Crippen LogP contribution in [0.5, 0.6) is 11.5 Å². The third-order valence-electron chi connectivity index (χ3n) is 4.58. The van der Waals surface area contributed by atoms with Gasteiger partial charge < -0.3 is 13.9 Å². The van der Waals surface area contributed by atoms with Crippen molar-refractivity contribution in [2.75, 3.05) is 6.61 Å². The van der Waals surface area contributed by atoms with E-state index in [0.717, 1.165) is 27.3 Å². The van der Waals surface area contributed by atoms with E-state index >= 15 is 0 Å². The molecular weight excluding hydrogens is 388 g/mol. The highest BCUT2D eigenvalue weighted by atomic mass is 32.1. The summed E-state index contributed by atoms with van der Waals surface area (Å²) < 4.78 is 19.3. The first-order valence-corrected chi connectivity index (χ1v) is 10.1. The van der Waals surface area contributed by atoms with Gasteiger partial charge in [0.25, 0.3) is 0 Å². The Morgan fingerprint density at radius 1 is 1.00 bits per heavy atom. The Hall–Kier alpha value is -3.39. The average Bonchev–Trinajstić information content (AvgIpc) is 3.41. The highest BCUT2D eigenvalue weighted by molar-refractivity contribution is 7.16. The number of hydrogen-bond acceptors (Lipinski definition) is 7. The maximum Gasteiger partial charge on any atom is 0.235 e. The maximum atomic E-state index is 6.03. The molecule has 7 nitrogen and oxygen atoms in total. The first kappa shape index (κ1) is 17.7. The van der Waals surface area contributed by atoms with Crippen LogP contribution in [0.2, 0.25) is 0 Å². The minimum atomic E-state index is 0.316. The van der Waals surface area contributed by atoms with Crippen molar-refractivity contribution in [3.63, 3.8) is 0 Å². The minimum absolute atomic E-state index is 0.316. The zero-order valence-corrected chi connectivity index (χ0v) is 16.8. The van der Waals surface area contributed by atoms with Crippen LogP contribution in [-0.4, -0.2) is 26.4 Å². The van der Waals surface area contributed by atoms with Crippen molar-refractivity contribution >= 4 is 27.3 Å². The van der Waals surface area contributed by atoms with Gasteiger partial charge in [-0.2, -0.15) is 9.61 Å². The molecule has 3 heterocycles. The van der Waals surface area contributed by atoms with Crippen LogP contribution in [0.25, 0.3) is 27.5 Å². The van der Waals surface area contributed by atoms with E-state index in [0.29, 0.717) is 35.5 Å². The molecule has 0 atom stereocenters. The minimum Gasteiger partial charge on any atom is -0.490 e. The maximum absolute atomic E-state index is 6.03. The Morgan fingerprint density at radius 3 is 2.55 bits per heavy atom. The summed E-state index contributed by atoms with van der Waals surface area (Å²) in [6.45, 7) is 4.86. The fraction of sp³-hybridized carbons (Fsp3) is 0.190. The van der Waals surface area contributed by atoms with Gasteiger partial charge in [-0.3, -0.25) is 0 Å². The second-order valence-electron chi connectivity index (χ2n) is 6.43.